The van der Waals surface area contributed by atoms with Gasteiger partial charge in [0.25, 0.3) is 0 Å². The number of nitrogens with zero attached hydrogens (tertiary/aromatic N) is 3. The number of benzene rings is 2. The minimum absolute atomic E-state index is 0.189. The van der Waals surface area contributed by atoms with E-state index in [0.29, 0.717) is 35.2 Å². The summed E-state index contributed by atoms with van der Waals surface area (Å²) in [7, 11) is -3.63. The summed E-state index contributed by atoms with van der Waals surface area (Å²) >= 11 is 0. The smallest absolute Gasteiger partial charge is 0.239 e. The van der Waals surface area contributed by atoms with Crippen LogP contribution in [0, 0.1) is 5.82 Å². The van der Waals surface area contributed by atoms with E-state index in [2.05, 4.69) is 14.9 Å². The average Bonchev–Trinajstić information content (AvgIpc) is 3.01. The Morgan fingerprint density at radius 1 is 1.12 bits per heavy atom. The van der Waals surface area contributed by atoms with Gasteiger partial charge in [0, 0.05) is 6.54 Å². The van der Waals surface area contributed by atoms with E-state index < -0.39 is 15.8 Å². The van der Waals surface area contributed by atoms with Gasteiger partial charge in [0.2, 0.25) is 10.0 Å². The predicted molar refractivity (Wildman–Crippen MR) is 86.5 cm³/mol. The predicted octanol–water partition coefficient (Wildman–Crippen LogP) is 2.64. The molecule has 0 amide bonds. The van der Waals surface area contributed by atoms with Crippen LogP contribution < -0.4 is 4.31 Å². The molecule has 0 bridgehead atoms. The topological polar surface area (TPSA) is 76.3 Å². The maximum Gasteiger partial charge on any atom is 0.239 e. The van der Waals surface area contributed by atoms with Crippen LogP contribution in [0.4, 0.5) is 10.1 Å². The van der Waals surface area contributed by atoms with Crippen LogP contribution in [-0.4, -0.2) is 25.3 Å². The maximum absolute atomic E-state index is 13.6. The first-order chi connectivity index (χ1) is 11.5. The highest BCUT2D eigenvalue weighted by atomic mass is 32.2. The van der Waals surface area contributed by atoms with Crippen molar-refractivity contribution in [3.05, 3.63) is 53.3 Å². The fraction of sp³-hybridized carbons (Fsp3) is 0.250. The summed E-state index contributed by atoms with van der Waals surface area (Å²) in [6.07, 6.45) is 1.46. The Kier molecular flexibility index (Phi) is 3.49. The molecule has 0 fully saturated rings. The second kappa shape index (κ2) is 5.55. The molecule has 3 aromatic rings. The van der Waals surface area contributed by atoms with Gasteiger partial charge in [-0.1, -0.05) is 12.1 Å². The van der Waals surface area contributed by atoms with Crippen LogP contribution in [0.5, 0.6) is 0 Å². The van der Waals surface area contributed by atoms with E-state index in [1.54, 1.807) is 24.3 Å². The number of hydrogen-bond acceptors (Lipinski definition) is 5. The number of hydrogen-bond donors (Lipinski definition) is 0. The second-order valence-corrected chi connectivity index (χ2v) is 7.69. The van der Waals surface area contributed by atoms with Crippen molar-refractivity contribution in [3.63, 3.8) is 0 Å². The number of sulfonamides is 1. The molecule has 2 heterocycles. The zero-order chi connectivity index (χ0) is 16.7. The first-order valence-corrected chi connectivity index (χ1v) is 9.14. The van der Waals surface area contributed by atoms with E-state index in [-0.39, 0.29) is 5.75 Å². The molecule has 0 unspecified atom stereocenters. The van der Waals surface area contributed by atoms with E-state index in [9.17, 15) is 12.8 Å². The van der Waals surface area contributed by atoms with Gasteiger partial charge in [0.05, 0.1) is 11.4 Å². The Labute approximate surface area is 137 Å². The maximum atomic E-state index is 13.6. The second-order valence-electron chi connectivity index (χ2n) is 5.79. The molecule has 124 valence electrons. The summed E-state index contributed by atoms with van der Waals surface area (Å²) in [4.78, 5) is 0. The van der Waals surface area contributed by atoms with Crippen LogP contribution in [-0.2, 0) is 22.2 Å². The summed E-state index contributed by atoms with van der Waals surface area (Å²) in [5, 5.41) is 7.42. The van der Waals surface area contributed by atoms with Gasteiger partial charge < -0.3 is 0 Å². The van der Waals surface area contributed by atoms with Crippen molar-refractivity contribution in [2.24, 2.45) is 0 Å². The lowest BCUT2D eigenvalue weighted by atomic mass is 10.0. The molecule has 1 aromatic heterocycles. The number of fused-ring (bicyclic) bond motifs is 2. The van der Waals surface area contributed by atoms with Gasteiger partial charge >= 0.3 is 0 Å². The van der Waals surface area contributed by atoms with Gasteiger partial charge in [0.1, 0.15) is 16.9 Å². The SMILES string of the molecule is O=S(=O)(Cc1ccc2nonc2c1)N1CCCc2ccc(F)cc21. The molecule has 1 aliphatic rings. The monoisotopic (exact) mass is 347 g/mol. The van der Waals surface area contributed by atoms with Crippen molar-refractivity contribution < 1.29 is 17.4 Å². The van der Waals surface area contributed by atoms with Crippen LogP contribution in [0.1, 0.15) is 17.5 Å². The first-order valence-electron chi connectivity index (χ1n) is 7.53. The van der Waals surface area contributed by atoms with E-state index in [0.717, 1.165) is 12.0 Å². The molecule has 2 aromatic carbocycles. The van der Waals surface area contributed by atoms with Crippen molar-refractivity contribution in [3.8, 4) is 0 Å². The Hall–Kier alpha value is -2.48. The minimum atomic E-state index is -3.63. The molecule has 0 radical (unpaired) electrons. The summed E-state index contributed by atoms with van der Waals surface area (Å²) in [6, 6.07) is 9.29. The van der Waals surface area contributed by atoms with Crippen molar-refractivity contribution in [2.75, 3.05) is 10.8 Å². The molecule has 4 rings (SSSR count). The van der Waals surface area contributed by atoms with Crippen molar-refractivity contribution in [1.82, 2.24) is 10.3 Å². The van der Waals surface area contributed by atoms with Gasteiger partial charge in [-0.3, -0.25) is 4.31 Å². The lowest BCUT2D eigenvalue weighted by Crippen LogP contribution is -2.36. The zero-order valence-corrected chi connectivity index (χ0v) is 13.5. The normalized spacial score (nSPS) is 14.8. The van der Waals surface area contributed by atoms with Gasteiger partial charge in [-0.25, -0.2) is 17.4 Å². The van der Waals surface area contributed by atoms with E-state index in [1.165, 1.54) is 16.4 Å². The average molecular weight is 347 g/mol. The van der Waals surface area contributed by atoms with E-state index >= 15 is 0 Å². The third-order valence-corrected chi connectivity index (χ3v) is 5.88. The van der Waals surface area contributed by atoms with Crippen molar-refractivity contribution in [1.29, 1.82) is 0 Å². The molecule has 24 heavy (non-hydrogen) atoms. The molecule has 0 N–H and O–H groups in total. The van der Waals surface area contributed by atoms with Gasteiger partial charge in [-0.2, -0.15) is 0 Å². The highest BCUT2D eigenvalue weighted by molar-refractivity contribution is 7.92. The summed E-state index contributed by atoms with van der Waals surface area (Å²) in [6.45, 7) is 0.354. The first kappa shape index (κ1) is 15.1. The third kappa shape index (κ3) is 2.62. The highest BCUT2D eigenvalue weighted by Gasteiger charge is 2.28. The zero-order valence-electron chi connectivity index (χ0n) is 12.6. The molecule has 0 saturated heterocycles. The Morgan fingerprint density at radius 3 is 2.83 bits per heavy atom. The molecule has 0 atom stereocenters. The van der Waals surface area contributed by atoms with E-state index in [1.807, 2.05) is 0 Å². The third-order valence-electron chi connectivity index (χ3n) is 4.13. The number of aromatic nitrogens is 2. The van der Waals surface area contributed by atoms with Crippen LogP contribution in [0.15, 0.2) is 41.0 Å². The van der Waals surface area contributed by atoms with Gasteiger partial charge in [-0.15, -0.1) is 0 Å². The Balaban J connectivity index is 1.69. The largest absolute Gasteiger partial charge is 0.270 e. The summed E-state index contributed by atoms with van der Waals surface area (Å²) in [5.74, 6) is -0.628. The Bertz CT molecular complexity index is 1020. The fourth-order valence-corrected chi connectivity index (χ4v) is 4.64. The molecule has 0 saturated carbocycles. The number of rotatable bonds is 3. The molecule has 1 aliphatic heterocycles. The van der Waals surface area contributed by atoms with Crippen LogP contribution in [0.2, 0.25) is 0 Å². The molecule has 0 spiro atoms. The molecule has 6 nitrogen and oxygen atoms in total. The summed E-state index contributed by atoms with van der Waals surface area (Å²) in [5.41, 5.74) is 2.95. The molecular weight excluding hydrogens is 333 g/mol. The number of anilines is 1. The molecular formula is C16H14FN3O3S. The van der Waals surface area contributed by atoms with Crippen LogP contribution in [0.25, 0.3) is 11.0 Å². The fourth-order valence-electron chi connectivity index (χ4n) is 3.01. The van der Waals surface area contributed by atoms with Crippen LogP contribution >= 0.6 is 0 Å². The molecule has 8 heteroatoms. The number of aryl methyl sites for hydroxylation is 1. The van der Waals surface area contributed by atoms with Crippen molar-refractivity contribution in [2.45, 2.75) is 18.6 Å². The lowest BCUT2D eigenvalue weighted by Gasteiger charge is -2.30. The lowest BCUT2D eigenvalue weighted by molar-refractivity contribution is 0.315. The van der Waals surface area contributed by atoms with E-state index in [4.69, 9.17) is 0 Å². The van der Waals surface area contributed by atoms with Crippen molar-refractivity contribution >= 4 is 26.7 Å². The number of halogens is 1. The van der Waals surface area contributed by atoms with Gasteiger partial charge in [-0.05, 0) is 58.5 Å². The summed E-state index contributed by atoms with van der Waals surface area (Å²) < 4.78 is 45.2. The van der Waals surface area contributed by atoms with Crippen LogP contribution in [0.3, 0.4) is 0 Å². The quantitative estimate of drug-likeness (QED) is 0.728. The molecule has 0 aliphatic carbocycles. The minimum Gasteiger partial charge on any atom is -0.270 e. The highest BCUT2D eigenvalue weighted by Crippen LogP contribution is 2.31. The standard InChI is InChI=1S/C16H14FN3O3S/c17-13-5-4-12-2-1-7-20(16(12)9-13)24(21,22)10-11-3-6-14-15(8-11)19-23-18-14/h3-6,8-9H,1-2,7,10H2. The van der Waals surface area contributed by atoms with Gasteiger partial charge in [0.15, 0.2) is 0 Å². The Morgan fingerprint density at radius 2 is 1.96 bits per heavy atom.